The van der Waals surface area contributed by atoms with E-state index in [4.69, 9.17) is 0 Å². The van der Waals surface area contributed by atoms with Crippen LogP contribution in [0.5, 0.6) is 0 Å². The number of aromatic nitrogens is 1. The monoisotopic (exact) mass is 318 g/mol. The fourth-order valence-corrected chi connectivity index (χ4v) is 4.69. The number of thiophene rings is 1. The highest BCUT2D eigenvalue weighted by atomic mass is 32.1. The Hall–Kier alpha value is -1.20. The van der Waals surface area contributed by atoms with Gasteiger partial charge in [-0.1, -0.05) is 12.8 Å². The zero-order valence-electron chi connectivity index (χ0n) is 11.8. The largest absolute Gasteiger partial charge is 0.331 e. The highest BCUT2D eigenvalue weighted by molar-refractivity contribution is 7.14. The Bertz CT molecular complexity index is 625. The van der Waals surface area contributed by atoms with Gasteiger partial charge in [0.25, 0.3) is 5.91 Å². The summed E-state index contributed by atoms with van der Waals surface area (Å²) < 4.78 is 0. The molecule has 0 unspecified atom stereocenters. The number of nitrogens with zero attached hydrogens (tertiary/aromatic N) is 2. The lowest BCUT2D eigenvalue weighted by molar-refractivity contribution is 0.0659. The van der Waals surface area contributed by atoms with Crippen LogP contribution in [-0.2, 0) is 0 Å². The molecule has 2 aliphatic rings. The van der Waals surface area contributed by atoms with Crippen molar-refractivity contribution in [2.24, 2.45) is 0 Å². The van der Waals surface area contributed by atoms with Crippen molar-refractivity contribution in [3.8, 4) is 10.6 Å². The number of hydrogen-bond donors (Lipinski definition) is 0. The molecule has 0 aliphatic heterocycles. The highest BCUT2D eigenvalue weighted by Crippen LogP contribution is 2.36. The smallest absolute Gasteiger partial charge is 0.273 e. The predicted octanol–water partition coefficient (Wildman–Crippen LogP) is 4.42. The van der Waals surface area contributed by atoms with Crippen molar-refractivity contribution in [1.29, 1.82) is 0 Å². The van der Waals surface area contributed by atoms with Gasteiger partial charge in [0.1, 0.15) is 10.7 Å². The van der Waals surface area contributed by atoms with Crippen molar-refractivity contribution in [2.45, 2.75) is 50.6 Å². The third kappa shape index (κ3) is 2.64. The van der Waals surface area contributed by atoms with Gasteiger partial charge in [-0.05, 0) is 37.1 Å². The molecule has 2 heterocycles. The van der Waals surface area contributed by atoms with Crippen molar-refractivity contribution in [3.05, 3.63) is 27.9 Å². The van der Waals surface area contributed by atoms with Gasteiger partial charge in [-0.25, -0.2) is 4.98 Å². The fraction of sp³-hybridized carbons (Fsp3) is 0.500. The summed E-state index contributed by atoms with van der Waals surface area (Å²) in [5.41, 5.74) is 1.77. The van der Waals surface area contributed by atoms with Crippen molar-refractivity contribution in [3.63, 3.8) is 0 Å². The number of thiazole rings is 1. The summed E-state index contributed by atoms with van der Waals surface area (Å²) in [6.07, 6.45) is 7.21. The number of hydrogen-bond acceptors (Lipinski definition) is 4. The Balaban J connectivity index is 1.58. The first-order chi connectivity index (χ1) is 10.3. The number of carbonyl (C=O) groups excluding carboxylic acids is 1. The van der Waals surface area contributed by atoms with Crippen LogP contribution in [0.4, 0.5) is 0 Å². The Labute approximate surface area is 132 Å². The van der Waals surface area contributed by atoms with Crippen LogP contribution in [0.15, 0.2) is 22.2 Å². The van der Waals surface area contributed by atoms with E-state index in [1.165, 1.54) is 38.5 Å². The Kier molecular flexibility index (Phi) is 3.55. The van der Waals surface area contributed by atoms with Crippen LogP contribution in [0.25, 0.3) is 10.6 Å². The van der Waals surface area contributed by atoms with E-state index in [0.717, 1.165) is 10.6 Å². The van der Waals surface area contributed by atoms with Gasteiger partial charge in [0.15, 0.2) is 0 Å². The molecule has 0 atom stereocenters. The third-order valence-corrected chi connectivity index (χ3v) is 5.96. The molecule has 110 valence electrons. The molecular weight excluding hydrogens is 300 g/mol. The van der Waals surface area contributed by atoms with Crippen LogP contribution in [0.1, 0.15) is 49.0 Å². The van der Waals surface area contributed by atoms with Crippen molar-refractivity contribution in [2.75, 3.05) is 0 Å². The van der Waals surface area contributed by atoms with E-state index in [1.807, 2.05) is 10.8 Å². The van der Waals surface area contributed by atoms with Crippen molar-refractivity contribution in [1.82, 2.24) is 9.88 Å². The van der Waals surface area contributed by atoms with E-state index in [-0.39, 0.29) is 5.91 Å². The summed E-state index contributed by atoms with van der Waals surface area (Å²) in [6.45, 7) is 0. The summed E-state index contributed by atoms with van der Waals surface area (Å²) in [5, 5.41) is 7.03. The zero-order valence-corrected chi connectivity index (χ0v) is 13.5. The van der Waals surface area contributed by atoms with Gasteiger partial charge in [-0.15, -0.1) is 11.3 Å². The Morgan fingerprint density at radius 2 is 1.90 bits per heavy atom. The molecule has 1 amide bonds. The molecule has 2 aromatic rings. The lowest BCUT2D eigenvalue weighted by Crippen LogP contribution is -2.40. The molecule has 0 aromatic carbocycles. The maximum Gasteiger partial charge on any atom is 0.273 e. The second-order valence-electron chi connectivity index (χ2n) is 5.93. The quantitative estimate of drug-likeness (QED) is 0.836. The number of rotatable bonds is 4. The van der Waals surface area contributed by atoms with Crippen LogP contribution < -0.4 is 0 Å². The predicted molar refractivity (Wildman–Crippen MR) is 86.9 cm³/mol. The maximum absolute atomic E-state index is 12.9. The van der Waals surface area contributed by atoms with Gasteiger partial charge in [-0.2, -0.15) is 11.3 Å². The molecule has 3 nitrogen and oxygen atoms in total. The molecule has 2 saturated carbocycles. The third-order valence-electron chi connectivity index (χ3n) is 4.38. The molecule has 0 bridgehead atoms. The molecule has 4 rings (SSSR count). The van der Waals surface area contributed by atoms with E-state index >= 15 is 0 Å². The molecule has 0 spiro atoms. The van der Waals surface area contributed by atoms with Crippen LogP contribution in [-0.4, -0.2) is 27.9 Å². The van der Waals surface area contributed by atoms with Gasteiger partial charge in [-0.3, -0.25) is 4.79 Å². The topological polar surface area (TPSA) is 33.2 Å². The second kappa shape index (κ2) is 5.54. The normalized spacial score (nSPS) is 19.0. The minimum absolute atomic E-state index is 0.155. The summed E-state index contributed by atoms with van der Waals surface area (Å²) in [7, 11) is 0. The minimum atomic E-state index is 0.155. The van der Waals surface area contributed by atoms with E-state index < -0.39 is 0 Å². The van der Waals surface area contributed by atoms with Crippen LogP contribution in [0, 0.1) is 0 Å². The van der Waals surface area contributed by atoms with Crippen molar-refractivity contribution >= 4 is 28.6 Å². The van der Waals surface area contributed by atoms with Crippen molar-refractivity contribution < 1.29 is 4.79 Å². The minimum Gasteiger partial charge on any atom is -0.331 e. The lowest BCUT2D eigenvalue weighted by atomic mass is 10.2. The SMILES string of the molecule is O=C(c1csc(-c2ccsc2)n1)N(C1CCCC1)C1CC1. The molecule has 5 heteroatoms. The first kappa shape index (κ1) is 13.5. The highest BCUT2D eigenvalue weighted by Gasteiger charge is 2.39. The van der Waals surface area contributed by atoms with Gasteiger partial charge < -0.3 is 4.90 Å². The van der Waals surface area contributed by atoms with Gasteiger partial charge in [0.05, 0.1) is 0 Å². The average Bonchev–Trinajstić information content (AvgIpc) is 3.00. The lowest BCUT2D eigenvalue weighted by Gasteiger charge is -2.28. The standard InChI is InChI=1S/C16H18N2OS2/c19-16(18(13-5-6-13)12-3-1-2-4-12)14-10-21-15(17-14)11-7-8-20-9-11/h7-10,12-13H,1-6H2. The second-order valence-corrected chi connectivity index (χ2v) is 7.57. The Morgan fingerprint density at radius 3 is 2.57 bits per heavy atom. The number of carbonyl (C=O) groups is 1. The summed E-state index contributed by atoms with van der Waals surface area (Å²) in [5.74, 6) is 0.155. The first-order valence-electron chi connectivity index (χ1n) is 7.63. The van der Waals surface area contributed by atoms with E-state index in [9.17, 15) is 4.79 Å². The molecule has 21 heavy (non-hydrogen) atoms. The molecule has 2 fully saturated rings. The van der Waals surface area contributed by atoms with Crippen LogP contribution >= 0.6 is 22.7 Å². The first-order valence-corrected chi connectivity index (χ1v) is 9.46. The Morgan fingerprint density at radius 1 is 1.14 bits per heavy atom. The average molecular weight is 318 g/mol. The van der Waals surface area contributed by atoms with E-state index in [1.54, 1.807) is 22.7 Å². The summed E-state index contributed by atoms with van der Waals surface area (Å²) in [6, 6.07) is 3.00. The molecular formula is C16H18N2OS2. The van der Waals surface area contributed by atoms with Gasteiger partial charge in [0, 0.05) is 28.4 Å². The van der Waals surface area contributed by atoms with Crippen LogP contribution in [0.3, 0.4) is 0 Å². The molecule has 2 aliphatic carbocycles. The molecule has 0 radical (unpaired) electrons. The molecule has 2 aromatic heterocycles. The van der Waals surface area contributed by atoms with Gasteiger partial charge in [0.2, 0.25) is 0 Å². The molecule has 0 N–H and O–H groups in total. The molecule has 0 saturated heterocycles. The van der Waals surface area contributed by atoms with Gasteiger partial charge >= 0.3 is 0 Å². The van der Waals surface area contributed by atoms with E-state index in [0.29, 0.717) is 17.8 Å². The van der Waals surface area contributed by atoms with Crippen LogP contribution in [0.2, 0.25) is 0 Å². The fourth-order valence-electron chi connectivity index (χ4n) is 3.19. The zero-order chi connectivity index (χ0) is 14.2. The summed E-state index contributed by atoms with van der Waals surface area (Å²) in [4.78, 5) is 19.6. The summed E-state index contributed by atoms with van der Waals surface area (Å²) >= 11 is 3.24. The maximum atomic E-state index is 12.9. The number of amides is 1. The van der Waals surface area contributed by atoms with E-state index in [2.05, 4.69) is 21.3 Å².